The van der Waals surface area contributed by atoms with Gasteiger partial charge >= 0.3 is 23.9 Å². The van der Waals surface area contributed by atoms with Crippen LogP contribution < -0.4 is 5.32 Å². The first-order valence-corrected chi connectivity index (χ1v) is 32.3. The lowest BCUT2D eigenvalue weighted by atomic mass is 9.44. The molecule has 76 heavy (non-hydrogen) atoms. The molecule has 1 amide bonds. The molecule has 3 aromatic rings. The molecule has 0 aromatic heterocycles. The van der Waals surface area contributed by atoms with Gasteiger partial charge in [-0.05, 0) is 91.1 Å². The Bertz CT molecular complexity index is 2620. The first-order valence-electron chi connectivity index (χ1n) is 27.2. The molecular weight excluding hydrogens is 1000 g/mol. The minimum atomic E-state index is -2.75. The van der Waals surface area contributed by atoms with Crippen molar-refractivity contribution in [2.24, 2.45) is 16.7 Å². The molecule has 412 valence electrons. The standard InChI is InChI=1S/C59H79NO14Si2/c1-13-75(14-2,15-3)73-44-34-45-58(36-68-45,72-39(9)62)50-52(71-54(65)42-32-26-21-27-33-42)59(67)35-43(37(7)46(56(59,10)11)48(69-38(8)61)51(63)57(44,50)12)70-55(66)49(74-76(16-4,17-5)18-6)47(40-28-22-19-23-29-40)60-53(64)41-30-24-20-25-31-41/h19-33,43-45,47-50,52,67H,13-18,34-36H2,1-12H3,(H,60,64)/t43-,44-,45+,47-,48+,49+,50?,52?,57+,58-,59+/m0/s1. The van der Waals surface area contributed by atoms with E-state index in [4.69, 9.17) is 32.5 Å². The van der Waals surface area contributed by atoms with Crippen molar-refractivity contribution in [2.45, 2.75) is 186 Å². The quantitative estimate of drug-likeness (QED) is 0.0469. The van der Waals surface area contributed by atoms with E-state index in [1.807, 2.05) is 26.8 Å². The van der Waals surface area contributed by atoms with Crippen LogP contribution in [-0.4, -0.2) is 112 Å². The highest BCUT2D eigenvalue weighted by Gasteiger charge is 2.79. The van der Waals surface area contributed by atoms with E-state index >= 15 is 9.59 Å². The number of ketones is 1. The number of rotatable bonds is 20. The molecule has 17 heteroatoms. The number of hydrogen-bond acceptors (Lipinski definition) is 14. The van der Waals surface area contributed by atoms with E-state index in [9.17, 15) is 24.3 Å². The highest BCUT2D eigenvalue weighted by molar-refractivity contribution is 6.74. The highest BCUT2D eigenvalue weighted by Crippen LogP contribution is 2.65. The van der Waals surface area contributed by atoms with Gasteiger partial charge in [0.2, 0.25) is 0 Å². The smallest absolute Gasteiger partial charge is 0.338 e. The van der Waals surface area contributed by atoms with Gasteiger partial charge in [0, 0.05) is 37.7 Å². The number of amides is 1. The molecule has 11 atom stereocenters. The fraction of sp³-hybridized carbons (Fsp3) is 0.559. The molecule has 2 saturated carbocycles. The molecular formula is C59H79NO14Si2. The number of Topliss-reactive ketones (excluding diaryl/α,β-unsaturated/α-hetero) is 1. The fourth-order valence-corrected chi connectivity index (χ4v) is 18.7. The molecule has 2 N–H and O–H groups in total. The van der Waals surface area contributed by atoms with Crippen molar-refractivity contribution in [1.82, 2.24) is 5.32 Å². The number of carbonyl (C=O) groups is 6. The second kappa shape index (κ2) is 23.0. The Kier molecular flexibility index (Phi) is 17.6. The van der Waals surface area contributed by atoms with Crippen LogP contribution in [0.25, 0.3) is 0 Å². The number of esters is 4. The van der Waals surface area contributed by atoms with Crippen LogP contribution in [0.2, 0.25) is 36.3 Å². The number of ether oxygens (including phenoxy) is 5. The maximum atomic E-state index is 16.6. The Morgan fingerprint density at radius 2 is 1.28 bits per heavy atom. The number of nitrogens with one attached hydrogen (secondary N) is 1. The SMILES string of the molecule is CC[Si](CC)(CC)O[C@H]1C[C@H]2OC[C@@]2(OC(C)=O)C2C(OC(=O)c3ccccc3)[C@]3(O)C[C@H](OC(=O)[C@H](O[Si](CC)(CC)CC)[C@@H](NC(=O)c4ccccc4)c4ccccc4)C(C)=C([C@@H](OC(C)=O)C(=O)[C@@]21C)C3(C)C. The minimum absolute atomic E-state index is 0.0931. The molecule has 7 rings (SSSR count). The summed E-state index contributed by atoms with van der Waals surface area (Å²) in [5.41, 5.74) is -5.92. The van der Waals surface area contributed by atoms with E-state index in [1.54, 1.807) is 113 Å². The molecule has 4 aliphatic rings. The lowest BCUT2D eigenvalue weighted by Crippen LogP contribution is -2.82. The Morgan fingerprint density at radius 1 is 0.737 bits per heavy atom. The Hall–Kier alpha value is -5.31. The molecule has 0 radical (unpaired) electrons. The molecule has 15 nitrogen and oxygen atoms in total. The third-order valence-electron chi connectivity index (χ3n) is 18.1. The maximum absolute atomic E-state index is 16.6. The van der Waals surface area contributed by atoms with Crippen LogP contribution in [0.4, 0.5) is 0 Å². The molecule has 3 aliphatic carbocycles. The van der Waals surface area contributed by atoms with Gasteiger partial charge < -0.3 is 43.0 Å². The summed E-state index contributed by atoms with van der Waals surface area (Å²) in [4.78, 5) is 88.6. The van der Waals surface area contributed by atoms with E-state index in [-0.39, 0.29) is 24.2 Å². The number of carbonyl (C=O) groups excluding carboxylic acids is 6. The topological polar surface area (TPSA) is 199 Å². The zero-order valence-corrected chi connectivity index (χ0v) is 48.4. The van der Waals surface area contributed by atoms with E-state index in [0.29, 0.717) is 53.0 Å². The summed E-state index contributed by atoms with van der Waals surface area (Å²) in [7, 11) is -5.40. The van der Waals surface area contributed by atoms with Crippen LogP contribution in [0.15, 0.2) is 102 Å². The summed E-state index contributed by atoms with van der Waals surface area (Å²) in [6.07, 6.45) is -8.46. The normalized spacial score (nSPS) is 28.7. The van der Waals surface area contributed by atoms with Gasteiger partial charge in [-0.2, -0.15) is 0 Å². The first-order chi connectivity index (χ1) is 36.0. The van der Waals surface area contributed by atoms with Crippen molar-refractivity contribution >= 4 is 52.2 Å². The summed E-state index contributed by atoms with van der Waals surface area (Å²) in [6.45, 7) is 21.2. The van der Waals surface area contributed by atoms with E-state index in [1.165, 1.54) is 13.8 Å². The van der Waals surface area contributed by atoms with Gasteiger partial charge in [-0.25, -0.2) is 9.59 Å². The van der Waals surface area contributed by atoms with Crippen LogP contribution in [0.5, 0.6) is 0 Å². The average Bonchev–Trinajstić information content (AvgIpc) is 3.45. The number of fused-ring (bicyclic) bond motifs is 5. The van der Waals surface area contributed by atoms with Crippen molar-refractivity contribution in [3.63, 3.8) is 0 Å². The second-order valence-electron chi connectivity index (χ2n) is 22.0. The summed E-state index contributed by atoms with van der Waals surface area (Å²) < 4.78 is 47.1. The van der Waals surface area contributed by atoms with Gasteiger partial charge in [-0.1, -0.05) is 122 Å². The third-order valence-corrected chi connectivity index (χ3v) is 27.3. The molecule has 0 spiro atoms. The summed E-state index contributed by atoms with van der Waals surface area (Å²) in [5.74, 6) is -5.70. The van der Waals surface area contributed by atoms with Gasteiger partial charge in [0.05, 0.1) is 35.6 Å². The predicted octanol–water partition coefficient (Wildman–Crippen LogP) is 9.79. The van der Waals surface area contributed by atoms with Gasteiger partial charge in [0.25, 0.3) is 5.91 Å². The molecule has 1 aliphatic heterocycles. The van der Waals surface area contributed by atoms with E-state index < -0.39 is 129 Å². The summed E-state index contributed by atoms with van der Waals surface area (Å²) in [6, 6.07) is 28.8. The first kappa shape index (κ1) is 58.4. The van der Waals surface area contributed by atoms with Crippen molar-refractivity contribution < 1.29 is 66.4 Å². The number of hydrogen-bond donors (Lipinski definition) is 2. The Morgan fingerprint density at radius 3 is 1.78 bits per heavy atom. The second-order valence-corrected chi connectivity index (χ2v) is 31.5. The monoisotopic (exact) mass is 1080 g/mol. The largest absolute Gasteiger partial charge is 0.456 e. The van der Waals surface area contributed by atoms with Crippen LogP contribution in [0, 0.1) is 16.7 Å². The zero-order chi connectivity index (χ0) is 55.6. The van der Waals surface area contributed by atoms with Gasteiger partial charge in [0.15, 0.2) is 40.2 Å². The van der Waals surface area contributed by atoms with E-state index in [2.05, 4.69) is 26.1 Å². The Labute approximate surface area is 450 Å². The van der Waals surface area contributed by atoms with Gasteiger partial charge in [-0.15, -0.1) is 0 Å². The van der Waals surface area contributed by atoms with Crippen molar-refractivity contribution in [2.75, 3.05) is 6.61 Å². The van der Waals surface area contributed by atoms with Crippen LogP contribution in [0.1, 0.15) is 128 Å². The molecule has 2 unspecified atom stereocenters. The predicted molar refractivity (Wildman–Crippen MR) is 290 cm³/mol. The number of benzene rings is 3. The molecule has 1 saturated heterocycles. The van der Waals surface area contributed by atoms with Crippen molar-refractivity contribution in [3.05, 3.63) is 119 Å². The molecule has 1 heterocycles. The zero-order valence-electron chi connectivity index (χ0n) is 46.4. The van der Waals surface area contributed by atoms with Gasteiger partial charge in [0.1, 0.15) is 23.9 Å². The fourth-order valence-electron chi connectivity index (χ4n) is 13.0. The lowest BCUT2D eigenvalue weighted by Gasteiger charge is -2.68. The minimum Gasteiger partial charge on any atom is -0.456 e. The number of aliphatic hydroxyl groups is 1. The van der Waals surface area contributed by atoms with Gasteiger partial charge in [-0.3, -0.25) is 19.2 Å². The van der Waals surface area contributed by atoms with Crippen molar-refractivity contribution in [3.8, 4) is 0 Å². The van der Waals surface area contributed by atoms with Crippen molar-refractivity contribution in [1.29, 1.82) is 0 Å². The van der Waals surface area contributed by atoms with Crippen LogP contribution in [0.3, 0.4) is 0 Å². The maximum Gasteiger partial charge on any atom is 0.338 e. The lowest BCUT2D eigenvalue weighted by molar-refractivity contribution is -0.344. The molecule has 3 fully saturated rings. The van der Waals surface area contributed by atoms with Crippen LogP contribution >= 0.6 is 0 Å². The highest BCUT2D eigenvalue weighted by atomic mass is 28.4. The summed E-state index contributed by atoms with van der Waals surface area (Å²) in [5, 5.41) is 17.5. The average molecular weight is 1080 g/mol. The summed E-state index contributed by atoms with van der Waals surface area (Å²) >= 11 is 0. The molecule has 3 aromatic carbocycles. The van der Waals surface area contributed by atoms with E-state index in [0.717, 1.165) is 0 Å². The Balaban J connectivity index is 1.49. The van der Waals surface area contributed by atoms with Crippen LogP contribution in [-0.2, 0) is 51.7 Å². The molecule has 2 bridgehead atoms. The third kappa shape index (κ3) is 10.4.